The van der Waals surface area contributed by atoms with Crippen molar-refractivity contribution < 1.29 is 9.90 Å². The van der Waals surface area contributed by atoms with E-state index in [9.17, 15) is 4.79 Å². The minimum Gasteiger partial charge on any atom is -0.481 e. The molecule has 3 nitrogen and oxygen atoms in total. The van der Waals surface area contributed by atoms with Gasteiger partial charge in [0.2, 0.25) is 0 Å². The largest absolute Gasteiger partial charge is 0.481 e. The Bertz CT molecular complexity index is 217. The van der Waals surface area contributed by atoms with Crippen LogP contribution in [0.3, 0.4) is 0 Å². The van der Waals surface area contributed by atoms with Crippen molar-refractivity contribution in [3.05, 3.63) is 0 Å². The molecule has 1 rings (SSSR count). The van der Waals surface area contributed by atoms with Crippen LogP contribution < -0.4 is 5.32 Å². The fourth-order valence-electron chi connectivity index (χ4n) is 2.00. The molecule has 1 fully saturated rings. The van der Waals surface area contributed by atoms with Gasteiger partial charge in [0.25, 0.3) is 0 Å². The summed E-state index contributed by atoms with van der Waals surface area (Å²) in [7, 11) is -1.01. The van der Waals surface area contributed by atoms with Gasteiger partial charge in [0.05, 0.1) is 14.0 Å². The highest BCUT2D eigenvalue weighted by molar-refractivity contribution is 6.76. The summed E-state index contributed by atoms with van der Waals surface area (Å²) in [5.74, 6) is -0.700. The molecular formula is C11H23NO2Si. The summed E-state index contributed by atoms with van der Waals surface area (Å²) in [6.45, 7) is 7.05. The molecule has 1 saturated carbocycles. The van der Waals surface area contributed by atoms with Crippen LogP contribution >= 0.6 is 0 Å². The molecule has 0 aliphatic heterocycles. The van der Waals surface area contributed by atoms with Crippen LogP contribution in [-0.4, -0.2) is 31.4 Å². The van der Waals surface area contributed by atoms with Crippen molar-refractivity contribution in [2.45, 2.75) is 51.4 Å². The number of nitrogens with one attached hydrogen (secondary N) is 1. The minimum atomic E-state index is -1.01. The zero-order valence-corrected chi connectivity index (χ0v) is 11.0. The Hall–Kier alpha value is -0.353. The van der Waals surface area contributed by atoms with E-state index in [0.29, 0.717) is 6.04 Å². The fourth-order valence-corrected chi connectivity index (χ4v) is 2.90. The molecule has 1 aliphatic carbocycles. The molecule has 0 aromatic rings. The van der Waals surface area contributed by atoms with E-state index < -0.39 is 14.0 Å². The summed E-state index contributed by atoms with van der Waals surface area (Å²) < 4.78 is 0. The maximum absolute atomic E-state index is 10.8. The van der Waals surface area contributed by atoms with Gasteiger partial charge in [-0.1, -0.05) is 19.6 Å². The Kier molecular flexibility index (Phi) is 4.34. The third-order valence-electron chi connectivity index (χ3n) is 3.00. The van der Waals surface area contributed by atoms with Gasteiger partial charge in [0.1, 0.15) is 0 Å². The summed E-state index contributed by atoms with van der Waals surface area (Å²) in [5.41, 5.74) is 0. The van der Waals surface area contributed by atoms with Crippen molar-refractivity contribution in [1.82, 2.24) is 5.32 Å². The molecule has 0 amide bonds. The summed E-state index contributed by atoms with van der Waals surface area (Å²) in [6.07, 6.45) is 4.90. The molecule has 0 atom stereocenters. The van der Waals surface area contributed by atoms with Gasteiger partial charge >= 0.3 is 5.97 Å². The fraction of sp³-hybridized carbons (Fsp3) is 0.909. The van der Waals surface area contributed by atoms with Crippen LogP contribution in [0.4, 0.5) is 0 Å². The van der Waals surface area contributed by atoms with Gasteiger partial charge in [-0.05, 0) is 31.9 Å². The van der Waals surface area contributed by atoms with Gasteiger partial charge in [0, 0.05) is 6.04 Å². The molecule has 0 aromatic carbocycles. The number of carboxylic acids is 1. The lowest BCUT2D eigenvalue weighted by Gasteiger charge is -2.29. The van der Waals surface area contributed by atoms with Crippen molar-refractivity contribution >= 4 is 14.0 Å². The topological polar surface area (TPSA) is 49.3 Å². The first-order valence-corrected chi connectivity index (χ1v) is 9.55. The first-order chi connectivity index (χ1) is 6.88. The second kappa shape index (κ2) is 5.12. The Morgan fingerprint density at radius 2 is 1.80 bits per heavy atom. The third-order valence-corrected chi connectivity index (χ3v) is 4.26. The lowest BCUT2D eigenvalue weighted by molar-refractivity contribution is -0.142. The van der Waals surface area contributed by atoms with Gasteiger partial charge in [-0.25, -0.2) is 0 Å². The molecule has 1 aliphatic rings. The molecule has 4 heteroatoms. The molecule has 0 bridgehead atoms. The SMILES string of the molecule is C[Si](C)(C)CNC1CCC(C(=O)O)CC1. The first-order valence-electron chi connectivity index (χ1n) is 5.85. The van der Waals surface area contributed by atoms with Crippen molar-refractivity contribution in [3.8, 4) is 0 Å². The van der Waals surface area contributed by atoms with E-state index in [2.05, 4.69) is 25.0 Å². The van der Waals surface area contributed by atoms with Crippen LogP contribution in [0, 0.1) is 5.92 Å². The minimum absolute atomic E-state index is 0.0880. The molecular weight excluding hydrogens is 206 g/mol. The number of carboxylic acid groups (broad SMARTS) is 1. The molecule has 0 aromatic heterocycles. The molecule has 0 spiro atoms. The lowest BCUT2D eigenvalue weighted by atomic mass is 9.86. The molecule has 0 unspecified atom stereocenters. The lowest BCUT2D eigenvalue weighted by Crippen LogP contribution is -2.43. The Morgan fingerprint density at radius 1 is 1.27 bits per heavy atom. The number of hydrogen-bond donors (Lipinski definition) is 2. The average molecular weight is 229 g/mol. The van der Waals surface area contributed by atoms with Crippen LogP contribution in [0.5, 0.6) is 0 Å². The summed E-state index contributed by atoms with van der Waals surface area (Å²) in [5, 5.41) is 12.5. The highest BCUT2D eigenvalue weighted by atomic mass is 28.3. The second-order valence-corrected chi connectivity index (χ2v) is 11.3. The van der Waals surface area contributed by atoms with E-state index in [1.807, 2.05) is 0 Å². The molecule has 0 saturated heterocycles. The molecule has 88 valence electrons. The van der Waals surface area contributed by atoms with Crippen molar-refractivity contribution in [2.75, 3.05) is 6.17 Å². The number of hydrogen-bond acceptors (Lipinski definition) is 2. The van der Waals surface area contributed by atoms with Crippen molar-refractivity contribution in [1.29, 1.82) is 0 Å². The third kappa shape index (κ3) is 4.80. The standard InChI is InChI=1S/C11H23NO2Si/c1-15(2,3)8-12-10-6-4-9(5-7-10)11(13)14/h9-10,12H,4-8H2,1-3H3,(H,13,14). The molecule has 2 N–H and O–H groups in total. The number of carbonyl (C=O) groups is 1. The van der Waals surface area contributed by atoms with Gasteiger partial charge in [-0.3, -0.25) is 4.79 Å². The summed E-state index contributed by atoms with van der Waals surface area (Å²) >= 11 is 0. The van der Waals surface area contributed by atoms with Crippen LogP contribution in [0.25, 0.3) is 0 Å². The van der Waals surface area contributed by atoms with E-state index >= 15 is 0 Å². The monoisotopic (exact) mass is 229 g/mol. The van der Waals surface area contributed by atoms with Crippen LogP contribution in [0.15, 0.2) is 0 Å². The second-order valence-electron chi connectivity index (χ2n) is 5.83. The quantitative estimate of drug-likeness (QED) is 0.726. The Balaban J connectivity index is 2.23. The number of rotatable bonds is 4. The van der Waals surface area contributed by atoms with E-state index in [1.165, 1.54) is 0 Å². The molecule has 0 heterocycles. The van der Waals surface area contributed by atoms with Gasteiger partial charge < -0.3 is 10.4 Å². The normalized spacial score (nSPS) is 27.7. The van der Waals surface area contributed by atoms with Gasteiger partial charge in [0.15, 0.2) is 0 Å². The molecule has 0 radical (unpaired) electrons. The average Bonchev–Trinajstić information content (AvgIpc) is 2.14. The Labute approximate surface area is 93.3 Å². The van der Waals surface area contributed by atoms with E-state index in [0.717, 1.165) is 31.9 Å². The predicted octanol–water partition coefficient (Wildman–Crippen LogP) is 2.10. The Morgan fingerprint density at radius 3 is 2.20 bits per heavy atom. The van der Waals surface area contributed by atoms with Crippen LogP contribution in [-0.2, 0) is 4.79 Å². The smallest absolute Gasteiger partial charge is 0.306 e. The zero-order valence-electron chi connectivity index (χ0n) is 10.0. The van der Waals surface area contributed by atoms with Gasteiger partial charge in [-0.2, -0.15) is 0 Å². The first kappa shape index (κ1) is 12.7. The number of aliphatic carboxylic acids is 1. The van der Waals surface area contributed by atoms with Gasteiger partial charge in [-0.15, -0.1) is 0 Å². The highest BCUT2D eigenvalue weighted by Gasteiger charge is 2.26. The van der Waals surface area contributed by atoms with E-state index in [-0.39, 0.29) is 5.92 Å². The van der Waals surface area contributed by atoms with E-state index in [1.54, 1.807) is 0 Å². The highest BCUT2D eigenvalue weighted by Crippen LogP contribution is 2.24. The van der Waals surface area contributed by atoms with Crippen molar-refractivity contribution in [2.24, 2.45) is 5.92 Å². The zero-order chi connectivity index (χ0) is 11.5. The maximum Gasteiger partial charge on any atom is 0.306 e. The van der Waals surface area contributed by atoms with Crippen LogP contribution in [0.2, 0.25) is 19.6 Å². The predicted molar refractivity (Wildman–Crippen MR) is 64.7 cm³/mol. The van der Waals surface area contributed by atoms with E-state index in [4.69, 9.17) is 5.11 Å². The van der Waals surface area contributed by atoms with Crippen LogP contribution in [0.1, 0.15) is 25.7 Å². The maximum atomic E-state index is 10.8. The summed E-state index contributed by atoms with van der Waals surface area (Å²) in [6, 6.07) is 0.562. The summed E-state index contributed by atoms with van der Waals surface area (Å²) in [4.78, 5) is 10.8. The van der Waals surface area contributed by atoms with Crippen molar-refractivity contribution in [3.63, 3.8) is 0 Å². The molecule has 15 heavy (non-hydrogen) atoms.